The molecule has 1 saturated heterocycles. The number of likely N-dealkylation sites (N-methyl/N-ethyl adjacent to an activating group) is 1. The van der Waals surface area contributed by atoms with Crippen LogP contribution in [-0.2, 0) is 4.74 Å². The van der Waals surface area contributed by atoms with Crippen molar-refractivity contribution in [3.63, 3.8) is 0 Å². The largest absolute Gasteiger partial charge is 0.388 e. The van der Waals surface area contributed by atoms with Crippen molar-refractivity contribution in [1.29, 1.82) is 0 Å². The number of hydrogen-bond acceptors (Lipinski definition) is 4. The minimum atomic E-state index is -0.572. The van der Waals surface area contributed by atoms with Gasteiger partial charge in [-0.1, -0.05) is 6.58 Å². The Hall–Kier alpha value is -0.420. The molecule has 0 radical (unpaired) electrons. The predicted octanol–water partition coefficient (Wildman–Crippen LogP) is 0.768. The van der Waals surface area contributed by atoms with Crippen LogP contribution in [0.5, 0.6) is 0 Å². The van der Waals surface area contributed by atoms with Crippen molar-refractivity contribution in [3.8, 4) is 0 Å². The molecule has 0 aromatic heterocycles. The Morgan fingerprint density at radius 1 is 1.44 bits per heavy atom. The summed E-state index contributed by atoms with van der Waals surface area (Å²) in [7, 11) is 2.05. The molecule has 2 N–H and O–H groups in total. The molecule has 4 nitrogen and oxygen atoms in total. The highest BCUT2D eigenvalue weighted by Gasteiger charge is 2.31. The minimum Gasteiger partial charge on any atom is -0.388 e. The highest BCUT2D eigenvalue weighted by molar-refractivity contribution is 5.02. The average Bonchev–Trinajstić information content (AvgIpc) is 3.10. The molecule has 0 unspecified atom stereocenters. The lowest BCUT2D eigenvalue weighted by Gasteiger charge is -2.35. The van der Waals surface area contributed by atoms with Gasteiger partial charge in [-0.15, -0.1) is 0 Å². The molecular formula is C14H26N2O2. The SMILES string of the molecule is C=C(CNC1CC1)CN(C)CC1(O)CCOCC1. The second kappa shape index (κ2) is 6.15. The molecule has 104 valence electrons. The van der Waals surface area contributed by atoms with E-state index in [1.807, 2.05) is 0 Å². The van der Waals surface area contributed by atoms with Crippen molar-refractivity contribution < 1.29 is 9.84 Å². The molecule has 0 atom stereocenters. The van der Waals surface area contributed by atoms with Crippen molar-refractivity contribution in [3.05, 3.63) is 12.2 Å². The van der Waals surface area contributed by atoms with Crippen molar-refractivity contribution >= 4 is 0 Å². The van der Waals surface area contributed by atoms with E-state index in [1.54, 1.807) is 0 Å². The number of nitrogens with one attached hydrogen (secondary N) is 1. The third kappa shape index (κ3) is 4.69. The zero-order valence-corrected chi connectivity index (χ0v) is 11.5. The van der Waals surface area contributed by atoms with Gasteiger partial charge in [0, 0.05) is 51.7 Å². The molecule has 2 rings (SSSR count). The summed E-state index contributed by atoms with van der Waals surface area (Å²) in [6.07, 6.45) is 4.10. The van der Waals surface area contributed by atoms with Crippen LogP contribution in [0.2, 0.25) is 0 Å². The number of aliphatic hydroxyl groups is 1. The maximum absolute atomic E-state index is 10.4. The standard InChI is InChI=1S/C14H26N2O2/c1-12(9-15-13-3-4-13)10-16(2)11-14(17)5-7-18-8-6-14/h13,15,17H,1,3-11H2,2H3. The van der Waals surface area contributed by atoms with Crippen LogP contribution in [0.25, 0.3) is 0 Å². The molecule has 1 aliphatic carbocycles. The first-order chi connectivity index (χ1) is 8.57. The number of rotatable bonds is 7. The normalized spacial score (nSPS) is 23.3. The summed E-state index contributed by atoms with van der Waals surface area (Å²) in [5.74, 6) is 0. The second-order valence-corrected chi connectivity index (χ2v) is 5.91. The molecule has 0 amide bonds. The summed E-state index contributed by atoms with van der Waals surface area (Å²) in [4.78, 5) is 2.17. The third-order valence-electron chi connectivity index (χ3n) is 3.70. The van der Waals surface area contributed by atoms with E-state index < -0.39 is 5.60 Å². The Morgan fingerprint density at radius 2 is 2.11 bits per heavy atom. The minimum absolute atomic E-state index is 0.572. The first-order valence-corrected chi connectivity index (χ1v) is 6.96. The molecule has 4 heteroatoms. The Kier molecular flexibility index (Phi) is 4.78. The van der Waals surface area contributed by atoms with Crippen LogP contribution in [0.15, 0.2) is 12.2 Å². The second-order valence-electron chi connectivity index (χ2n) is 5.91. The van der Waals surface area contributed by atoms with E-state index in [-0.39, 0.29) is 0 Å². The van der Waals surface area contributed by atoms with Crippen molar-refractivity contribution in [2.24, 2.45) is 0 Å². The molecular weight excluding hydrogens is 228 g/mol. The van der Waals surface area contributed by atoms with Gasteiger partial charge in [0.2, 0.25) is 0 Å². The molecule has 1 aliphatic heterocycles. The zero-order valence-electron chi connectivity index (χ0n) is 11.5. The van der Waals surface area contributed by atoms with E-state index in [0.717, 1.165) is 32.0 Å². The van der Waals surface area contributed by atoms with Crippen molar-refractivity contribution in [1.82, 2.24) is 10.2 Å². The summed E-state index contributed by atoms with van der Waals surface area (Å²) in [6, 6.07) is 0.728. The van der Waals surface area contributed by atoms with Gasteiger partial charge < -0.3 is 15.2 Å². The van der Waals surface area contributed by atoms with E-state index in [0.29, 0.717) is 19.8 Å². The molecule has 0 bridgehead atoms. The molecule has 0 aromatic carbocycles. The molecule has 0 aromatic rings. The van der Waals surface area contributed by atoms with E-state index in [2.05, 4.69) is 23.8 Å². The highest BCUT2D eigenvalue weighted by Crippen LogP contribution is 2.21. The molecule has 1 saturated carbocycles. The topological polar surface area (TPSA) is 44.7 Å². The molecule has 2 fully saturated rings. The summed E-state index contributed by atoms with van der Waals surface area (Å²) in [5.41, 5.74) is 0.622. The van der Waals surface area contributed by atoms with Gasteiger partial charge in [0.05, 0.1) is 5.60 Å². The van der Waals surface area contributed by atoms with Gasteiger partial charge >= 0.3 is 0 Å². The lowest BCUT2D eigenvalue weighted by Crippen LogP contribution is -2.46. The van der Waals surface area contributed by atoms with Gasteiger partial charge in [0.25, 0.3) is 0 Å². The summed E-state index contributed by atoms with van der Waals surface area (Å²) in [6.45, 7) is 7.91. The average molecular weight is 254 g/mol. The lowest BCUT2D eigenvalue weighted by atomic mass is 9.94. The first-order valence-electron chi connectivity index (χ1n) is 6.96. The fourth-order valence-electron chi connectivity index (χ4n) is 2.48. The molecule has 0 spiro atoms. The van der Waals surface area contributed by atoms with Crippen molar-refractivity contribution in [2.75, 3.05) is 39.9 Å². The van der Waals surface area contributed by atoms with Crippen LogP contribution in [0, 0.1) is 0 Å². The van der Waals surface area contributed by atoms with Gasteiger partial charge in [-0.2, -0.15) is 0 Å². The van der Waals surface area contributed by atoms with Crippen LogP contribution >= 0.6 is 0 Å². The Morgan fingerprint density at radius 3 is 2.72 bits per heavy atom. The number of nitrogens with zero attached hydrogens (tertiary/aromatic N) is 1. The summed E-state index contributed by atoms with van der Waals surface area (Å²) < 4.78 is 5.29. The fraction of sp³-hybridized carbons (Fsp3) is 0.857. The highest BCUT2D eigenvalue weighted by atomic mass is 16.5. The summed E-state index contributed by atoms with van der Waals surface area (Å²) >= 11 is 0. The predicted molar refractivity (Wildman–Crippen MR) is 72.7 cm³/mol. The quantitative estimate of drug-likeness (QED) is 0.659. The van der Waals surface area contributed by atoms with Crippen LogP contribution in [0.1, 0.15) is 25.7 Å². The van der Waals surface area contributed by atoms with Crippen LogP contribution in [-0.4, -0.2) is 61.5 Å². The monoisotopic (exact) mass is 254 g/mol. The first kappa shape index (κ1) is 14.0. The van der Waals surface area contributed by atoms with Gasteiger partial charge in [0.1, 0.15) is 0 Å². The Labute approximate surface area is 110 Å². The number of ether oxygens (including phenoxy) is 1. The van der Waals surface area contributed by atoms with Gasteiger partial charge in [-0.3, -0.25) is 4.90 Å². The van der Waals surface area contributed by atoms with Crippen molar-refractivity contribution in [2.45, 2.75) is 37.3 Å². The van der Waals surface area contributed by atoms with E-state index >= 15 is 0 Å². The molecule has 1 heterocycles. The van der Waals surface area contributed by atoms with Crippen LogP contribution < -0.4 is 5.32 Å². The van der Waals surface area contributed by atoms with Crippen LogP contribution in [0.4, 0.5) is 0 Å². The zero-order chi connectivity index (χ0) is 13.0. The van der Waals surface area contributed by atoms with Gasteiger partial charge in [-0.05, 0) is 25.5 Å². The van der Waals surface area contributed by atoms with E-state index in [1.165, 1.54) is 18.4 Å². The Balaban J connectivity index is 1.66. The lowest BCUT2D eigenvalue weighted by molar-refractivity contribution is -0.0759. The number of hydrogen-bond donors (Lipinski definition) is 2. The van der Waals surface area contributed by atoms with Gasteiger partial charge in [-0.25, -0.2) is 0 Å². The summed E-state index contributed by atoms with van der Waals surface area (Å²) in [5, 5.41) is 13.9. The van der Waals surface area contributed by atoms with Crippen LogP contribution in [0.3, 0.4) is 0 Å². The van der Waals surface area contributed by atoms with E-state index in [4.69, 9.17) is 4.74 Å². The molecule has 2 aliphatic rings. The van der Waals surface area contributed by atoms with Gasteiger partial charge in [0.15, 0.2) is 0 Å². The Bertz CT molecular complexity index is 284. The molecule has 18 heavy (non-hydrogen) atoms. The smallest absolute Gasteiger partial charge is 0.0817 e. The fourth-order valence-corrected chi connectivity index (χ4v) is 2.48. The third-order valence-corrected chi connectivity index (χ3v) is 3.70. The van der Waals surface area contributed by atoms with E-state index in [9.17, 15) is 5.11 Å². The maximum atomic E-state index is 10.4. The maximum Gasteiger partial charge on any atom is 0.0817 e.